The first-order chi connectivity index (χ1) is 11.9. The van der Waals surface area contributed by atoms with Crippen LogP contribution in [0.25, 0.3) is 5.57 Å². The van der Waals surface area contributed by atoms with Gasteiger partial charge in [-0.15, -0.1) is 0 Å². The second-order valence-electron chi connectivity index (χ2n) is 7.41. The number of fused-ring (bicyclic) bond motifs is 1. The first kappa shape index (κ1) is 15.9. The van der Waals surface area contributed by atoms with Crippen molar-refractivity contribution < 1.29 is 0 Å². The van der Waals surface area contributed by atoms with Gasteiger partial charge in [0.25, 0.3) is 0 Å². The van der Waals surface area contributed by atoms with Crippen molar-refractivity contribution in [2.45, 2.75) is 19.3 Å². The Balaban J connectivity index is 1.87. The summed E-state index contributed by atoms with van der Waals surface area (Å²) in [6.45, 7) is 5.34. The van der Waals surface area contributed by atoms with E-state index in [1.54, 1.807) is 18.5 Å². The molecule has 0 spiro atoms. The Morgan fingerprint density at radius 1 is 1.20 bits per heavy atom. The minimum absolute atomic E-state index is 0.204. The summed E-state index contributed by atoms with van der Waals surface area (Å²) in [6, 6.07) is 7.93. The van der Waals surface area contributed by atoms with Crippen LogP contribution >= 0.6 is 0 Å². The molecule has 1 unspecified atom stereocenters. The van der Waals surface area contributed by atoms with Crippen molar-refractivity contribution >= 4 is 23.2 Å². The normalized spacial score (nSPS) is 24.2. The van der Waals surface area contributed by atoms with E-state index >= 15 is 0 Å². The summed E-state index contributed by atoms with van der Waals surface area (Å²) < 4.78 is -0.508. The summed E-state index contributed by atoms with van der Waals surface area (Å²) in [4.78, 5) is 6.39. The SMILES string of the molecule is CN1C=C(c2ccc3c(c2)[N+]([O-])(c2ccnnc2)CC3(C)C)C=NC1. The summed E-state index contributed by atoms with van der Waals surface area (Å²) in [7, 11) is 1.99. The van der Waals surface area contributed by atoms with E-state index in [9.17, 15) is 5.21 Å². The van der Waals surface area contributed by atoms with Crippen LogP contribution in [0.15, 0.2) is 47.9 Å². The topological polar surface area (TPSA) is 64.4 Å². The largest absolute Gasteiger partial charge is 0.622 e. The number of hydrogen-bond acceptors (Lipinski definition) is 5. The van der Waals surface area contributed by atoms with Gasteiger partial charge in [0.15, 0.2) is 5.69 Å². The summed E-state index contributed by atoms with van der Waals surface area (Å²) in [5.74, 6) is 0. The Morgan fingerprint density at radius 3 is 2.76 bits per heavy atom. The van der Waals surface area contributed by atoms with Crippen LogP contribution in [0.1, 0.15) is 25.0 Å². The molecule has 1 aromatic heterocycles. The van der Waals surface area contributed by atoms with Gasteiger partial charge in [0.2, 0.25) is 0 Å². The summed E-state index contributed by atoms with van der Waals surface area (Å²) in [5, 5.41) is 21.6. The monoisotopic (exact) mass is 335 g/mol. The van der Waals surface area contributed by atoms with E-state index in [0.717, 1.165) is 22.4 Å². The molecule has 0 saturated heterocycles. The molecular weight excluding hydrogens is 314 g/mol. The van der Waals surface area contributed by atoms with Gasteiger partial charge >= 0.3 is 0 Å². The van der Waals surface area contributed by atoms with Gasteiger partial charge in [-0.05, 0) is 5.56 Å². The number of hydroxylamine groups is 1. The van der Waals surface area contributed by atoms with Crippen LogP contribution in [-0.4, -0.2) is 41.6 Å². The van der Waals surface area contributed by atoms with Gasteiger partial charge in [-0.1, -0.05) is 26.0 Å². The Labute approximate surface area is 147 Å². The maximum absolute atomic E-state index is 13.8. The molecule has 6 heteroatoms. The van der Waals surface area contributed by atoms with Crippen LogP contribution < -0.4 is 4.65 Å². The molecule has 0 aliphatic carbocycles. The molecule has 0 fully saturated rings. The first-order valence-corrected chi connectivity index (χ1v) is 8.34. The van der Waals surface area contributed by atoms with Crippen molar-refractivity contribution in [1.29, 1.82) is 0 Å². The molecule has 0 bridgehead atoms. The average Bonchev–Trinajstić information content (AvgIpc) is 2.82. The number of aliphatic imine (C=N–C) groups is 1. The van der Waals surface area contributed by atoms with Crippen LogP contribution in [0.5, 0.6) is 0 Å². The molecule has 2 aromatic rings. The van der Waals surface area contributed by atoms with Crippen molar-refractivity contribution in [2.24, 2.45) is 4.99 Å². The van der Waals surface area contributed by atoms with E-state index in [4.69, 9.17) is 0 Å². The van der Waals surface area contributed by atoms with Gasteiger partial charge < -0.3 is 10.1 Å². The molecule has 3 heterocycles. The molecular formula is C19H21N5O. The Bertz CT molecular complexity index is 875. The van der Waals surface area contributed by atoms with Crippen LogP contribution in [0.2, 0.25) is 0 Å². The van der Waals surface area contributed by atoms with Crippen LogP contribution in [0.4, 0.5) is 11.4 Å². The van der Waals surface area contributed by atoms with Gasteiger partial charge in [0.05, 0.1) is 12.7 Å². The van der Waals surface area contributed by atoms with Crippen molar-refractivity contribution in [3.05, 3.63) is 59.2 Å². The van der Waals surface area contributed by atoms with Crippen LogP contribution in [-0.2, 0) is 5.41 Å². The van der Waals surface area contributed by atoms with Gasteiger partial charge in [-0.25, -0.2) is 0 Å². The Kier molecular flexibility index (Phi) is 3.49. The molecule has 1 atom stereocenters. The first-order valence-electron chi connectivity index (χ1n) is 8.34. The predicted molar refractivity (Wildman–Crippen MR) is 100 cm³/mol. The maximum Gasteiger partial charge on any atom is 0.159 e. The fourth-order valence-electron chi connectivity index (χ4n) is 3.77. The van der Waals surface area contributed by atoms with E-state index in [1.165, 1.54) is 0 Å². The Hall–Kier alpha value is -2.57. The van der Waals surface area contributed by atoms with Gasteiger partial charge in [-0.3, -0.25) is 9.64 Å². The zero-order valence-corrected chi connectivity index (χ0v) is 14.7. The number of rotatable bonds is 2. The molecule has 4 rings (SSSR count). The van der Waals surface area contributed by atoms with E-state index in [1.807, 2.05) is 24.2 Å². The average molecular weight is 335 g/mol. The van der Waals surface area contributed by atoms with Crippen molar-refractivity contribution in [1.82, 2.24) is 19.7 Å². The van der Waals surface area contributed by atoms with E-state index in [0.29, 0.717) is 18.9 Å². The second-order valence-corrected chi connectivity index (χ2v) is 7.41. The number of nitrogens with zero attached hydrogens (tertiary/aromatic N) is 5. The highest BCUT2D eigenvalue weighted by Gasteiger charge is 2.45. The lowest BCUT2D eigenvalue weighted by Gasteiger charge is -2.39. The van der Waals surface area contributed by atoms with Crippen LogP contribution in [0, 0.1) is 5.21 Å². The molecule has 0 saturated carbocycles. The lowest BCUT2D eigenvalue weighted by molar-refractivity contribution is 0.426. The van der Waals surface area contributed by atoms with E-state index < -0.39 is 4.65 Å². The smallest absolute Gasteiger partial charge is 0.159 e. The summed E-state index contributed by atoms with van der Waals surface area (Å²) in [5.41, 5.74) is 4.29. The van der Waals surface area contributed by atoms with E-state index in [2.05, 4.69) is 47.4 Å². The molecule has 0 amide bonds. The lowest BCUT2D eigenvalue weighted by Crippen LogP contribution is -2.39. The molecule has 0 radical (unpaired) electrons. The highest BCUT2D eigenvalue weighted by molar-refractivity contribution is 6.10. The standard InChI is InChI=1S/C19H21N5O/c1-19(2)12-24(25,16-6-7-21-22-10-16)18-8-14(4-5-17(18)19)15-9-20-13-23(3)11-15/h4-11H,12-13H2,1-3H3. The number of hydrogen-bond donors (Lipinski definition) is 0. The predicted octanol–water partition coefficient (Wildman–Crippen LogP) is 3.22. The highest BCUT2D eigenvalue weighted by Crippen LogP contribution is 2.49. The van der Waals surface area contributed by atoms with E-state index in [-0.39, 0.29) is 5.41 Å². The van der Waals surface area contributed by atoms with Crippen molar-refractivity contribution in [3.8, 4) is 0 Å². The van der Waals surface area contributed by atoms with Gasteiger partial charge in [-0.2, -0.15) is 10.2 Å². The third kappa shape index (κ3) is 2.54. The zero-order chi connectivity index (χ0) is 17.7. The minimum atomic E-state index is -0.508. The number of allylic oxidation sites excluding steroid dienone is 1. The highest BCUT2D eigenvalue weighted by atomic mass is 16.5. The number of aromatic nitrogens is 2. The maximum atomic E-state index is 13.8. The third-order valence-electron chi connectivity index (χ3n) is 4.95. The molecule has 6 nitrogen and oxygen atoms in total. The van der Waals surface area contributed by atoms with Gasteiger partial charge in [0.1, 0.15) is 18.6 Å². The van der Waals surface area contributed by atoms with Crippen molar-refractivity contribution in [2.75, 3.05) is 20.3 Å². The van der Waals surface area contributed by atoms with Gasteiger partial charge in [0, 0.05) is 48.1 Å². The van der Waals surface area contributed by atoms with Crippen LogP contribution in [0.3, 0.4) is 0 Å². The molecule has 1 aromatic carbocycles. The third-order valence-corrected chi connectivity index (χ3v) is 4.95. The molecule has 128 valence electrons. The second kappa shape index (κ2) is 5.47. The zero-order valence-electron chi connectivity index (χ0n) is 14.7. The number of benzene rings is 1. The quantitative estimate of drug-likeness (QED) is 0.624. The number of quaternary nitrogens is 1. The lowest BCUT2D eigenvalue weighted by atomic mass is 9.86. The Morgan fingerprint density at radius 2 is 2.04 bits per heavy atom. The van der Waals surface area contributed by atoms with Crippen molar-refractivity contribution in [3.63, 3.8) is 0 Å². The molecule has 0 N–H and O–H groups in total. The fourth-order valence-corrected chi connectivity index (χ4v) is 3.77. The molecule has 25 heavy (non-hydrogen) atoms. The summed E-state index contributed by atoms with van der Waals surface area (Å²) >= 11 is 0. The fraction of sp³-hybridized carbons (Fsp3) is 0.316. The molecule has 2 aliphatic heterocycles. The molecule has 2 aliphatic rings. The minimum Gasteiger partial charge on any atom is -0.622 e. The summed E-state index contributed by atoms with van der Waals surface area (Å²) in [6.07, 6.45) is 7.07.